The van der Waals surface area contributed by atoms with Crippen LogP contribution in [0.2, 0.25) is 0 Å². The van der Waals surface area contributed by atoms with Gasteiger partial charge < -0.3 is 5.73 Å². The summed E-state index contributed by atoms with van der Waals surface area (Å²) >= 11 is 0. The summed E-state index contributed by atoms with van der Waals surface area (Å²) in [4.78, 5) is 0. The van der Waals surface area contributed by atoms with Crippen molar-refractivity contribution >= 4 is 0 Å². The summed E-state index contributed by atoms with van der Waals surface area (Å²) in [5.41, 5.74) is 7.69. The van der Waals surface area contributed by atoms with E-state index in [2.05, 4.69) is 20.8 Å². The van der Waals surface area contributed by atoms with Crippen molar-refractivity contribution in [2.45, 2.75) is 65.7 Å². The molecular weight excluding hydrogens is 182 g/mol. The number of nitrogens with two attached hydrogens (primary N) is 1. The standard InChI is InChI=1S/C14H27N/c1-12(2,3)10-13-4-7-14(11-15,8-5-13)9-6-13/h4-11,15H2,1-3H3. The number of fused-ring (bicyclic) bond motifs is 3. The van der Waals surface area contributed by atoms with Crippen LogP contribution in [0.5, 0.6) is 0 Å². The first kappa shape index (κ1) is 11.4. The molecule has 3 aliphatic carbocycles. The Bertz CT molecular complexity index is 212. The van der Waals surface area contributed by atoms with Gasteiger partial charge in [-0.15, -0.1) is 0 Å². The second-order valence-corrected chi connectivity index (χ2v) is 7.44. The lowest BCUT2D eigenvalue weighted by atomic mass is 9.51. The average Bonchev–Trinajstić information content (AvgIpc) is 2.17. The van der Waals surface area contributed by atoms with Crippen molar-refractivity contribution in [2.24, 2.45) is 22.0 Å². The Morgan fingerprint density at radius 2 is 1.27 bits per heavy atom. The minimum absolute atomic E-state index is 0.500. The third-order valence-electron chi connectivity index (χ3n) is 4.90. The Labute approximate surface area is 94.8 Å². The quantitative estimate of drug-likeness (QED) is 0.737. The molecule has 3 rings (SSSR count). The second kappa shape index (κ2) is 3.48. The summed E-state index contributed by atoms with van der Waals surface area (Å²) in [6.07, 6.45) is 9.96. The molecule has 0 heterocycles. The second-order valence-electron chi connectivity index (χ2n) is 7.44. The predicted octanol–water partition coefficient (Wildman–Crippen LogP) is 3.72. The minimum Gasteiger partial charge on any atom is -0.330 e. The van der Waals surface area contributed by atoms with Crippen molar-refractivity contribution in [2.75, 3.05) is 6.54 Å². The molecule has 1 nitrogen and oxygen atoms in total. The molecule has 0 radical (unpaired) electrons. The van der Waals surface area contributed by atoms with E-state index in [9.17, 15) is 0 Å². The van der Waals surface area contributed by atoms with Crippen molar-refractivity contribution in [1.29, 1.82) is 0 Å². The molecule has 15 heavy (non-hydrogen) atoms. The van der Waals surface area contributed by atoms with Gasteiger partial charge >= 0.3 is 0 Å². The fourth-order valence-corrected chi connectivity index (χ4v) is 4.04. The first-order valence-corrected chi connectivity index (χ1v) is 6.59. The summed E-state index contributed by atoms with van der Waals surface area (Å²) < 4.78 is 0. The van der Waals surface area contributed by atoms with E-state index >= 15 is 0 Å². The molecule has 2 N–H and O–H groups in total. The zero-order valence-corrected chi connectivity index (χ0v) is 10.7. The van der Waals surface area contributed by atoms with Gasteiger partial charge in [-0.2, -0.15) is 0 Å². The summed E-state index contributed by atoms with van der Waals surface area (Å²) in [5.74, 6) is 0. The maximum atomic E-state index is 5.94. The minimum atomic E-state index is 0.500. The van der Waals surface area contributed by atoms with E-state index in [1.807, 2.05) is 0 Å². The van der Waals surface area contributed by atoms with Crippen LogP contribution in [-0.2, 0) is 0 Å². The van der Waals surface area contributed by atoms with E-state index in [-0.39, 0.29) is 0 Å². The number of hydrogen-bond donors (Lipinski definition) is 1. The largest absolute Gasteiger partial charge is 0.330 e. The fourth-order valence-electron chi connectivity index (χ4n) is 4.04. The third-order valence-corrected chi connectivity index (χ3v) is 4.90. The van der Waals surface area contributed by atoms with Crippen LogP contribution in [-0.4, -0.2) is 6.54 Å². The van der Waals surface area contributed by atoms with Crippen LogP contribution in [0.3, 0.4) is 0 Å². The van der Waals surface area contributed by atoms with Gasteiger partial charge in [-0.3, -0.25) is 0 Å². The van der Waals surface area contributed by atoms with Crippen molar-refractivity contribution in [3.8, 4) is 0 Å². The average molecular weight is 209 g/mol. The van der Waals surface area contributed by atoms with Gasteiger partial charge in [-0.05, 0) is 67.7 Å². The molecule has 0 saturated heterocycles. The maximum Gasteiger partial charge on any atom is -0.00205 e. The van der Waals surface area contributed by atoms with E-state index < -0.39 is 0 Å². The third kappa shape index (κ3) is 2.22. The first-order chi connectivity index (χ1) is 6.89. The van der Waals surface area contributed by atoms with Gasteiger partial charge in [0.2, 0.25) is 0 Å². The van der Waals surface area contributed by atoms with Crippen molar-refractivity contribution in [1.82, 2.24) is 0 Å². The molecule has 0 aromatic heterocycles. The summed E-state index contributed by atoms with van der Waals surface area (Å²) in [7, 11) is 0. The highest BCUT2D eigenvalue weighted by Gasteiger charge is 2.48. The molecule has 1 heteroatoms. The predicted molar refractivity (Wildman–Crippen MR) is 65.7 cm³/mol. The van der Waals surface area contributed by atoms with Gasteiger partial charge in [0, 0.05) is 0 Å². The first-order valence-electron chi connectivity index (χ1n) is 6.59. The molecule has 0 aliphatic heterocycles. The molecule has 3 saturated carbocycles. The lowest BCUT2D eigenvalue weighted by Crippen LogP contribution is -2.46. The van der Waals surface area contributed by atoms with Gasteiger partial charge in [-0.1, -0.05) is 20.8 Å². The molecule has 88 valence electrons. The van der Waals surface area contributed by atoms with Crippen LogP contribution < -0.4 is 5.73 Å². The molecule has 0 amide bonds. The molecule has 3 aliphatic rings. The Hall–Kier alpha value is -0.0400. The molecule has 0 spiro atoms. The monoisotopic (exact) mass is 209 g/mol. The highest BCUT2D eigenvalue weighted by molar-refractivity contribution is 5.00. The van der Waals surface area contributed by atoms with Crippen molar-refractivity contribution in [3.63, 3.8) is 0 Å². The molecule has 0 aromatic carbocycles. The smallest absolute Gasteiger partial charge is 0.00205 e. The topological polar surface area (TPSA) is 26.0 Å². The SMILES string of the molecule is CC(C)(C)CC12CCC(CN)(CC1)CC2. The molecule has 0 unspecified atom stereocenters. The van der Waals surface area contributed by atoms with Gasteiger partial charge in [0.05, 0.1) is 0 Å². The van der Waals surface area contributed by atoms with Crippen molar-refractivity contribution < 1.29 is 0 Å². The Morgan fingerprint density at radius 3 is 1.60 bits per heavy atom. The van der Waals surface area contributed by atoms with Crippen LogP contribution in [0.25, 0.3) is 0 Å². The Kier molecular flexibility index (Phi) is 2.65. The molecule has 2 bridgehead atoms. The number of hydrogen-bond acceptors (Lipinski definition) is 1. The van der Waals surface area contributed by atoms with Crippen LogP contribution in [0.4, 0.5) is 0 Å². The Morgan fingerprint density at radius 1 is 0.867 bits per heavy atom. The number of rotatable bonds is 2. The maximum absolute atomic E-state index is 5.94. The van der Waals surface area contributed by atoms with E-state index in [0.717, 1.165) is 6.54 Å². The summed E-state index contributed by atoms with van der Waals surface area (Å²) in [6, 6.07) is 0. The zero-order valence-electron chi connectivity index (χ0n) is 10.7. The van der Waals surface area contributed by atoms with Gasteiger partial charge in [0.1, 0.15) is 0 Å². The van der Waals surface area contributed by atoms with Crippen LogP contribution in [0, 0.1) is 16.2 Å². The van der Waals surface area contributed by atoms with Crippen LogP contribution in [0.15, 0.2) is 0 Å². The highest BCUT2D eigenvalue weighted by atomic mass is 14.6. The lowest BCUT2D eigenvalue weighted by Gasteiger charge is -2.55. The zero-order chi connectivity index (χ0) is 11.2. The van der Waals surface area contributed by atoms with E-state index in [0.29, 0.717) is 16.2 Å². The van der Waals surface area contributed by atoms with E-state index in [1.165, 1.54) is 44.9 Å². The highest BCUT2D eigenvalue weighted by Crippen LogP contribution is 2.59. The molecule has 3 fully saturated rings. The Balaban J connectivity index is 2.04. The van der Waals surface area contributed by atoms with E-state index in [1.54, 1.807) is 0 Å². The molecular formula is C14H27N. The van der Waals surface area contributed by atoms with Gasteiger partial charge in [-0.25, -0.2) is 0 Å². The normalized spacial score (nSPS) is 40.8. The van der Waals surface area contributed by atoms with Gasteiger partial charge in [0.15, 0.2) is 0 Å². The summed E-state index contributed by atoms with van der Waals surface area (Å²) in [6.45, 7) is 8.10. The van der Waals surface area contributed by atoms with Crippen molar-refractivity contribution in [3.05, 3.63) is 0 Å². The molecule has 0 aromatic rings. The van der Waals surface area contributed by atoms with Crippen LogP contribution in [0.1, 0.15) is 65.7 Å². The molecule has 0 atom stereocenters. The van der Waals surface area contributed by atoms with Gasteiger partial charge in [0.25, 0.3) is 0 Å². The fraction of sp³-hybridized carbons (Fsp3) is 1.00. The van der Waals surface area contributed by atoms with Crippen LogP contribution >= 0.6 is 0 Å². The lowest BCUT2D eigenvalue weighted by molar-refractivity contribution is -0.0275. The summed E-state index contributed by atoms with van der Waals surface area (Å²) in [5, 5.41) is 0. The van der Waals surface area contributed by atoms with E-state index in [4.69, 9.17) is 5.73 Å².